The van der Waals surface area contributed by atoms with Crippen LogP contribution in [0.15, 0.2) is 71.7 Å². The third kappa shape index (κ3) is 6.16. The van der Waals surface area contributed by atoms with Crippen LogP contribution in [0, 0.1) is 11.8 Å². The number of nitrogens with zero attached hydrogens (tertiary/aromatic N) is 2. The van der Waals surface area contributed by atoms with Crippen molar-refractivity contribution in [2.24, 2.45) is 17.6 Å². The molecule has 6 rings (SSSR count). The van der Waals surface area contributed by atoms with E-state index in [1.54, 1.807) is 10.9 Å². The number of amides is 2. The number of hydrogen-bond acceptors (Lipinski definition) is 5. The van der Waals surface area contributed by atoms with E-state index in [0.717, 1.165) is 58.8 Å². The van der Waals surface area contributed by atoms with E-state index in [1.807, 2.05) is 74.5 Å². The molecule has 0 unspecified atom stereocenters. The molecule has 2 amide bonds. The molecule has 1 aliphatic rings. The first-order chi connectivity index (χ1) is 21.3. The lowest BCUT2D eigenvalue weighted by atomic mass is 9.81. The first-order valence-corrected chi connectivity index (χ1v) is 15.4. The summed E-state index contributed by atoms with van der Waals surface area (Å²) < 4.78 is 1.63. The second-order valence-electron chi connectivity index (χ2n) is 12.2. The number of carbonyl (C=O) groups is 2. The molecule has 1 atom stereocenters. The van der Waals surface area contributed by atoms with Gasteiger partial charge in [-0.05, 0) is 99.0 Å². The predicted octanol–water partition coefficient (Wildman–Crippen LogP) is 4.88. The Balaban J connectivity index is 1.20. The average molecular weight is 594 g/mol. The largest absolute Gasteiger partial charge is 0.344 e. The van der Waals surface area contributed by atoms with Crippen molar-refractivity contribution in [2.45, 2.75) is 58.0 Å². The molecular weight excluding hydrogens is 554 g/mol. The first-order valence-electron chi connectivity index (χ1n) is 15.4. The molecule has 1 aliphatic carbocycles. The monoisotopic (exact) mass is 593 g/mol. The molecule has 2 heterocycles. The Morgan fingerprint density at radius 1 is 0.977 bits per heavy atom. The number of benzene rings is 3. The topological polar surface area (TPSA) is 151 Å². The lowest BCUT2D eigenvalue weighted by Gasteiger charge is -2.28. The van der Waals surface area contributed by atoms with E-state index in [-0.39, 0.29) is 29.3 Å². The minimum atomic E-state index is -0.754. The van der Waals surface area contributed by atoms with Crippen LogP contribution in [-0.2, 0) is 16.0 Å². The van der Waals surface area contributed by atoms with Crippen molar-refractivity contribution in [3.05, 3.63) is 82.8 Å². The van der Waals surface area contributed by atoms with Crippen LogP contribution in [-0.4, -0.2) is 44.4 Å². The molecule has 228 valence electrons. The van der Waals surface area contributed by atoms with Gasteiger partial charge in [0.2, 0.25) is 11.8 Å². The van der Waals surface area contributed by atoms with Crippen molar-refractivity contribution in [3.63, 3.8) is 0 Å². The Morgan fingerprint density at radius 3 is 2.45 bits per heavy atom. The molecule has 6 N–H and O–H groups in total. The number of H-pyrrole nitrogens is 2. The molecule has 3 aromatic carbocycles. The molecule has 0 saturated heterocycles. The number of fused-ring (bicyclic) bond motifs is 2. The van der Waals surface area contributed by atoms with Crippen molar-refractivity contribution in [1.82, 2.24) is 25.3 Å². The summed E-state index contributed by atoms with van der Waals surface area (Å²) in [6.07, 6.45) is 5.49. The predicted molar refractivity (Wildman–Crippen MR) is 173 cm³/mol. The minimum absolute atomic E-state index is 0.0276. The van der Waals surface area contributed by atoms with Crippen LogP contribution in [0.2, 0.25) is 0 Å². The molecule has 0 radical (unpaired) electrons. The molecule has 0 aliphatic heterocycles. The van der Waals surface area contributed by atoms with Gasteiger partial charge in [0.05, 0.1) is 22.6 Å². The van der Waals surface area contributed by atoms with Crippen LogP contribution in [0.3, 0.4) is 0 Å². The Kier molecular flexibility index (Phi) is 8.34. The quantitative estimate of drug-likeness (QED) is 0.165. The van der Waals surface area contributed by atoms with E-state index in [2.05, 4.69) is 25.9 Å². The molecule has 10 heteroatoms. The van der Waals surface area contributed by atoms with Crippen LogP contribution < -0.4 is 21.9 Å². The summed E-state index contributed by atoms with van der Waals surface area (Å²) in [5.41, 5.74) is 10.9. The highest BCUT2D eigenvalue weighted by molar-refractivity contribution is 5.99. The third-order valence-corrected chi connectivity index (χ3v) is 8.85. The summed E-state index contributed by atoms with van der Waals surface area (Å²) >= 11 is 0. The molecule has 44 heavy (non-hydrogen) atoms. The van der Waals surface area contributed by atoms with Gasteiger partial charge >= 0.3 is 0 Å². The van der Waals surface area contributed by atoms with Gasteiger partial charge in [0.25, 0.3) is 5.56 Å². The zero-order valence-electron chi connectivity index (χ0n) is 25.1. The molecule has 0 spiro atoms. The van der Waals surface area contributed by atoms with E-state index < -0.39 is 6.04 Å². The zero-order chi connectivity index (χ0) is 30.8. The molecule has 2 aromatic heterocycles. The summed E-state index contributed by atoms with van der Waals surface area (Å²) in [7, 11) is 0. The Morgan fingerprint density at radius 2 is 1.73 bits per heavy atom. The van der Waals surface area contributed by atoms with Gasteiger partial charge in [-0.2, -0.15) is 5.10 Å². The Labute approximate surface area is 255 Å². The lowest BCUT2D eigenvalue weighted by Crippen LogP contribution is -2.48. The fraction of sp³-hybridized carbons (Fsp3) is 0.353. The van der Waals surface area contributed by atoms with Crippen molar-refractivity contribution < 1.29 is 9.59 Å². The zero-order valence-corrected chi connectivity index (χ0v) is 25.1. The molecule has 10 nitrogen and oxygen atoms in total. The Hall–Kier alpha value is -4.70. The lowest BCUT2D eigenvalue weighted by molar-refractivity contribution is -0.130. The van der Waals surface area contributed by atoms with Gasteiger partial charge in [0, 0.05) is 29.5 Å². The summed E-state index contributed by atoms with van der Waals surface area (Å²) in [6.45, 7) is 4.58. The number of nitrogens with two attached hydrogens (primary N) is 1. The average Bonchev–Trinajstić information content (AvgIpc) is 3.64. The van der Waals surface area contributed by atoms with Crippen molar-refractivity contribution in [1.29, 1.82) is 0 Å². The minimum Gasteiger partial charge on any atom is -0.344 e. The normalized spacial score (nSPS) is 17.6. The maximum atomic E-state index is 13.6. The van der Waals surface area contributed by atoms with Crippen LogP contribution in [0.4, 0.5) is 5.69 Å². The summed E-state index contributed by atoms with van der Waals surface area (Å²) in [4.78, 5) is 39.6. The fourth-order valence-electron chi connectivity index (χ4n) is 6.15. The van der Waals surface area contributed by atoms with Gasteiger partial charge in [-0.1, -0.05) is 30.3 Å². The van der Waals surface area contributed by atoms with Gasteiger partial charge < -0.3 is 16.4 Å². The van der Waals surface area contributed by atoms with Gasteiger partial charge in [0.15, 0.2) is 0 Å². The van der Waals surface area contributed by atoms with E-state index in [1.165, 1.54) is 0 Å². The molecular formula is C34H39N7O3. The third-order valence-electron chi connectivity index (χ3n) is 8.85. The molecule has 5 aromatic rings. The van der Waals surface area contributed by atoms with Crippen molar-refractivity contribution >= 4 is 39.3 Å². The standard InChI is InChI=1S/C34H39N7O3/c1-20(2)41-34(44)28-14-12-25(16-30(28)40-41)23-7-3-21(4-8-23)15-31(38-32(42)24-9-5-22(18-35)6-10-24)33(43)37-27-13-11-26-19-36-39-29(26)17-27/h3-4,7-8,11-14,16-17,19-20,22,24,31,40H,5-6,9-10,15,18,35H2,1-2H3,(H,36,39)(H,37,43)(H,38,42)/t22?,24?,31-/m0/s1. The van der Waals surface area contributed by atoms with Gasteiger partial charge in [0.1, 0.15) is 6.04 Å². The molecule has 0 bridgehead atoms. The van der Waals surface area contributed by atoms with E-state index >= 15 is 0 Å². The van der Waals surface area contributed by atoms with Crippen LogP contribution >= 0.6 is 0 Å². The highest BCUT2D eigenvalue weighted by atomic mass is 16.2. The number of carbonyl (C=O) groups excluding carboxylic acids is 2. The number of aromatic nitrogens is 4. The number of anilines is 1. The van der Waals surface area contributed by atoms with Crippen molar-refractivity contribution in [2.75, 3.05) is 11.9 Å². The number of aromatic amines is 2. The van der Waals surface area contributed by atoms with Gasteiger partial charge in [-0.25, -0.2) is 4.68 Å². The highest BCUT2D eigenvalue weighted by Crippen LogP contribution is 2.29. The van der Waals surface area contributed by atoms with Gasteiger partial charge in [-0.3, -0.25) is 24.6 Å². The maximum Gasteiger partial charge on any atom is 0.274 e. The van der Waals surface area contributed by atoms with Crippen LogP contribution in [0.1, 0.15) is 51.1 Å². The number of nitrogens with one attached hydrogen (secondary N) is 4. The molecule has 1 fully saturated rings. The summed E-state index contributed by atoms with van der Waals surface area (Å²) in [5, 5.41) is 17.8. The fourth-order valence-corrected chi connectivity index (χ4v) is 6.15. The van der Waals surface area contributed by atoms with Gasteiger partial charge in [-0.15, -0.1) is 0 Å². The van der Waals surface area contributed by atoms with E-state index in [9.17, 15) is 14.4 Å². The van der Waals surface area contributed by atoms with Crippen molar-refractivity contribution in [3.8, 4) is 11.1 Å². The summed E-state index contributed by atoms with van der Waals surface area (Å²) in [6, 6.07) is 18.6. The Bertz CT molecular complexity index is 1840. The smallest absolute Gasteiger partial charge is 0.274 e. The first kappa shape index (κ1) is 29.4. The SMILES string of the molecule is CC(C)n1[nH]c2cc(-c3ccc(C[C@H](NC(=O)C4CCC(CN)CC4)C(=O)Nc4ccc5cn[nH]c5c4)cc3)ccc2c1=O. The number of rotatable bonds is 9. The highest BCUT2D eigenvalue weighted by Gasteiger charge is 2.29. The molecule has 1 saturated carbocycles. The van der Waals surface area contributed by atoms with E-state index in [4.69, 9.17) is 5.73 Å². The van der Waals surface area contributed by atoms with E-state index in [0.29, 0.717) is 30.0 Å². The van der Waals surface area contributed by atoms with Crippen LogP contribution in [0.5, 0.6) is 0 Å². The maximum absolute atomic E-state index is 13.6. The van der Waals surface area contributed by atoms with Crippen LogP contribution in [0.25, 0.3) is 32.9 Å². The number of hydrogen-bond donors (Lipinski definition) is 5. The second kappa shape index (κ2) is 12.5. The second-order valence-corrected chi connectivity index (χ2v) is 12.2. The summed E-state index contributed by atoms with van der Waals surface area (Å²) in [5.74, 6) is -0.0215.